The number of aliphatic hydroxyl groups is 2. The number of nitrogens with one attached hydrogen (secondary N) is 2. The van der Waals surface area contributed by atoms with Gasteiger partial charge in [-0.05, 0) is 172 Å². The van der Waals surface area contributed by atoms with Crippen molar-refractivity contribution in [1.82, 2.24) is 0 Å². The van der Waals surface area contributed by atoms with Crippen LogP contribution in [-0.4, -0.2) is 41.7 Å². The van der Waals surface area contributed by atoms with Gasteiger partial charge in [-0.15, -0.1) is 0 Å². The first-order valence-electron chi connectivity index (χ1n) is 22.4. The summed E-state index contributed by atoms with van der Waals surface area (Å²) in [6, 6.07) is 11.4. The number of carbonyl (C=O) groups is 2. The minimum Gasteiger partial charge on any atom is -0.454 e. The lowest BCUT2D eigenvalue weighted by Crippen LogP contribution is -2.19. The zero-order valence-corrected chi connectivity index (χ0v) is 39.4. The Kier molecular flexibility index (Phi) is 13.1. The monoisotopic (exact) mass is 908 g/mol. The van der Waals surface area contributed by atoms with Gasteiger partial charge in [0.25, 0.3) is 0 Å². The van der Waals surface area contributed by atoms with Crippen LogP contribution in [0.5, 0.6) is 0 Å². The number of nitriles is 2. The Labute approximate surface area is 377 Å². The summed E-state index contributed by atoms with van der Waals surface area (Å²) in [6.45, 7) is 10.6. The van der Waals surface area contributed by atoms with Crippen LogP contribution in [-0.2, 0) is 78.8 Å². The van der Waals surface area contributed by atoms with Gasteiger partial charge in [-0.1, -0.05) is 13.8 Å². The van der Waals surface area contributed by atoms with E-state index >= 15 is 0 Å². The molecule has 0 saturated heterocycles. The molecule has 8 rings (SSSR count). The van der Waals surface area contributed by atoms with Crippen molar-refractivity contribution in [2.45, 2.75) is 152 Å². The van der Waals surface area contributed by atoms with Gasteiger partial charge < -0.3 is 19.0 Å². The van der Waals surface area contributed by atoms with Crippen LogP contribution in [0.4, 0.5) is 0 Å². The molecule has 2 fully saturated rings. The second-order valence-corrected chi connectivity index (χ2v) is 23.7. The molecule has 2 heterocycles. The number of furan rings is 2. The molecule has 0 amide bonds. The summed E-state index contributed by atoms with van der Waals surface area (Å²) >= 11 is 0. The van der Waals surface area contributed by atoms with Gasteiger partial charge in [0.1, 0.15) is 19.5 Å². The average Bonchev–Trinajstić information content (AvgIpc) is 3.90. The fourth-order valence-electron chi connectivity index (χ4n) is 9.60. The highest BCUT2D eigenvalue weighted by Crippen LogP contribution is 2.47. The Morgan fingerprint density at radius 1 is 0.672 bits per heavy atom. The fraction of sp³-hybridized carbons (Fsp3) is 0.520. The van der Waals surface area contributed by atoms with E-state index in [1.807, 2.05) is 12.1 Å². The van der Waals surface area contributed by atoms with Crippen LogP contribution in [0.3, 0.4) is 0 Å². The van der Waals surface area contributed by atoms with Gasteiger partial charge in [0, 0.05) is 36.1 Å². The van der Waals surface area contributed by atoms with E-state index in [2.05, 4.69) is 26.0 Å². The zero-order chi connectivity index (χ0) is 46.5. The van der Waals surface area contributed by atoms with Crippen molar-refractivity contribution < 1.29 is 37.1 Å². The summed E-state index contributed by atoms with van der Waals surface area (Å²) in [5, 5.41) is 39.4. The maximum atomic E-state index is 13.1. The number of hydrogen-bond acceptors (Lipinski definition) is 12. The summed E-state index contributed by atoms with van der Waals surface area (Å²) in [6.07, 6.45) is 12.8. The van der Waals surface area contributed by atoms with Crippen molar-refractivity contribution in [3.8, 4) is 12.1 Å². The van der Waals surface area contributed by atoms with Crippen LogP contribution >= 0.6 is 0 Å². The minimum atomic E-state index is -3.46. The number of hydrogen-bond donors (Lipinski definition) is 4. The van der Waals surface area contributed by atoms with Crippen molar-refractivity contribution >= 4 is 31.0 Å². The molecule has 4 aromatic rings. The SMILES string of the molecule is C[C@H](c1cc(C#N)c2c(c1CC(=O)C[S@@](=N)(=O)c1cc(C(C)(C)O)co1)CCC2)C1CC1.C[C@H](c1cc(C#N)c2c(c1CC(=O)C[S@](=N)(=O)c1cc(C(C)(C)O)co1)CCC2)C1CC1. The molecule has 14 heteroatoms. The second kappa shape index (κ2) is 17.8. The van der Waals surface area contributed by atoms with Gasteiger partial charge >= 0.3 is 0 Å². The molecule has 340 valence electrons. The molecule has 0 unspecified atom stereocenters. The summed E-state index contributed by atoms with van der Waals surface area (Å²) in [5.41, 5.74) is 8.33. The fourth-order valence-corrected chi connectivity index (χ4v) is 12.0. The summed E-state index contributed by atoms with van der Waals surface area (Å²) in [4.78, 5) is 26.1. The van der Waals surface area contributed by atoms with Crippen molar-refractivity contribution in [3.63, 3.8) is 0 Å². The van der Waals surface area contributed by atoms with Crippen LogP contribution in [0.25, 0.3) is 0 Å². The number of ketones is 2. The quantitative estimate of drug-likeness (QED) is 0.0832. The molecule has 0 bridgehead atoms. The Morgan fingerprint density at radius 3 is 1.31 bits per heavy atom. The van der Waals surface area contributed by atoms with E-state index in [0.29, 0.717) is 23.0 Å². The minimum absolute atomic E-state index is 0.0837. The maximum absolute atomic E-state index is 13.1. The molecule has 0 spiro atoms. The standard InChI is InChI=1S/2C25H30N2O4S/c2*1-15(16-7-8-16)22-9-17(12-26)20-5-4-6-21(20)23(22)11-19(28)14-32(27,30)24-10-18(13-31-24)25(2,3)29/h2*9-10,13,15-16,27,29H,4-8,11,14H2,1-3H3/t15-,32+;15-,32-/m00/s1. The Morgan fingerprint density at radius 2 is 1.02 bits per heavy atom. The highest BCUT2D eigenvalue weighted by Gasteiger charge is 2.36. The highest BCUT2D eigenvalue weighted by atomic mass is 32.2. The first-order valence-corrected chi connectivity index (χ1v) is 25.8. The van der Waals surface area contributed by atoms with Gasteiger partial charge in [0.2, 0.25) is 0 Å². The topological polar surface area (TPSA) is 230 Å². The van der Waals surface area contributed by atoms with E-state index in [9.17, 15) is 38.7 Å². The molecule has 2 saturated carbocycles. The third kappa shape index (κ3) is 10.2. The van der Waals surface area contributed by atoms with E-state index < -0.39 is 42.2 Å². The first-order chi connectivity index (χ1) is 30.0. The Bertz CT molecular complexity index is 2610. The highest BCUT2D eigenvalue weighted by molar-refractivity contribution is 7.93. The number of fused-ring (bicyclic) bond motifs is 2. The largest absolute Gasteiger partial charge is 0.454 e. The van der Waals surface area contributed by atoms with Crippen LogP contribution in [0, 0.1) is 44.1 Å². The lowest BCUT2D eigenvalue weighted by atomic mass is 9.84. The lowest BCUT2D eigenvalue weighted by molar-refractivity contribution is -0.116. The van der Waals surface area contributed by atoms with Gasteiger partial charge in [-0.2, -0.15) is 10.5 Å². The van der Waals surface area contributed by atoms with Gasteiger partial charge in [-0.3, -0.25) is 9.59 Å². The summed E-state index contributed by atoms with van der Waals surface area (Å²) in [5.74, 6) is 0.308. The molecule has 2 aromatic heterocycles. The molecule has 4 aliphatic rings. The smallest absolute Gasteiger partial charge is 0.199 e. The van der Waals surface area contributed by atoms with Crippen LogP contribution < -0.4 is 0 Å². The van der Waals surface area contributed by atoms with Crippen LogP contribution in [0.1, 0.15) is 159 Å². The number of Topliss-reactive ketones (excluding diaryl/α,β-unsaturated/α-hetero) is 2. The third-order valence-corrected chi connectivity index (χ3v) is 16.9. The van der Waals surface area contributed by atoms with E-state index in [1.54, 1.807) is 27.7 Å². The Balaban J connectivity index is 0.000000191. The molecule has 0 aliphatic heterocycles. The van der Waals surface area contributed by atoms with Crippen molar-refractivity contribution in [2.75, 3.05) is 11.5 Å². The molecule has 2 aromatic carbocycles. The molecule has 4 atom stereocenters. The van der Waals surface area contributed by atoms with Gasteiger partial charge in [-0.25, -0.2) is 18.0 Å². The van der Waals surface area contributed by atoms with E-state index in [-0.39, 0.29) is 46.4 Å². The van der Waals surface area contributed by atoms with Crippen molar-refractivity contribution in [1.29, 1.82) is 20.1 Å². The van der Waals surface area contributed by atoms with Gasteiger partial charge in [0.15, 0.2) is 21.8 Å². The normalized spacial score (nSPS) is 18.6. The molecule has 4 N–H and O–H groups in total. The molecular weight excluding hydrogens is 849 g/mol. The van der Waals surface area contributed by atoms with Gasteiger partial charge in [0.05, 0.1) is 58.5 Å². The summed E-state index contributed by atoms with van der Waals surface area (Å²) in [7, 11) is -6.93. The maximum Gasteiger partial charge on any atom is 0.199 e. The number of carbonyl (C=O) groups excluding carboxylic acids is 2. The molecule has 12 nitrogen and oxygen atoms in total. The molecule has 64 heavy (non-hydrogen) atoms. The average molecular weight is 909 g/mol. The third-order valence-electron chi connectivity index (χ3n) is 13.7. The van der Waals surface area contributed by atoms with Crippen molar-refractivity contribution in [2.24, 2.45) is 11.8 Å². The number of rotatable bonds is 16. The Hall–Kier alpha value is -4.86. The zero-order valence-electron chi connectivity index (χ0n) is 37.7. The van der Waals surface area contributed by atoms with Crippen molar-refractivity contribution in [3.05, 3.63) is 104 Å². The summed E-state index contributed by atoms with van der Waals surface area (Å²) < 4.78 is 53.3. The van der Waals surface area contributed by atoms with E-state index in [4.69, 9.17) is 18.4 Å². The first kappa shape index (κ1) is 47.1. The van der Waals surface area contributed by atoms with E-state index in [1.165, 1.54) is 24.7 Å². The second-order valence-electron chi connectivity index (χ2n) is 19.6. The van der Waals surface area contributed by atoms with Crippen LogP contribution in [0.15, 0.2) is 55.8 Å². The number of benzene rings is 2. The van der Waals surface area contributed by atoms with Crippen LogP contribution in [0.2, 0.25) is 0 Å². The lowest BCUT2D eigenvalue weighted by Gasteiger charge is -2.21. The predicted molar refractivity (Wildman–Crippen MR) is 242 cm³/mol. The molecule has 0 radical (unpaired) electrons. The van der Waals surface area contributed by atoms with E-state index in [0.717, 1.165) is 120 Å². The number of nitrogens with zero attached hydrogens (tertiary/aromatic N) is 2. The predicted octanol–water partition coefficient (Wildman–Crippen LogP) is 9.20. The molecule has 4 aliphatic carbocycles. The molecular formula is C50H60N4O8S2.